The van der Waals surface area contributed by atoms with Gasteiger partial charge in [0.25, 0.3) is 0 Å². The molecular weight excluding hydrogens is 159 g/mol. The molecule has 2 nitrogen and oxygen atoms in total. The fourth-order valence-electron chi connectivity index (χ4n) is 0.987. The van der Waals surface area contributed by atoms with Crippen LogP contribution in [0, 0.1) is 0 Å². The number of ether oxygens (including phenoxy) is 1. The summed E-state index contributed by atoms with van der Waals surface area (Å²) in [5.74, 6) is 0. The smallest absolute Gasteiger partial charge is 0.363 e. The van der Waals surface area contributed by atoms with Gasteiger partial charge in [-0.1, -0.05) is 0 Å². The largest absolute Gasteiger partial charge is 0.415 e. The number of morpholine rings is 1. The fourth-order valence-corrected chi connectivity index (χ4v) is 0.987. The molecular formula is C6H10F3NO. The summed E-state index contributed by atoms with van der Waals surface area (Å²) in [7, 11) is 0. The second-order valence-corrected chi connectivity index (χ2v) is 2.64. The monoisotopic (exact) mass is 169 g/mol. The minimum Gasteiger partial charge on any atom is -0.363 e. The molecule has 0 unspecified atom stereocenters. The van der Waals surface area contributed by atoms with Gasteiger partial charge >= 0.3 is 6.18 Å². The van der Waals surface area contributed by atoms with Crippen molar-refractivity contribution in [2.75, 3.05) is 13.1 Å². The predicted octanol–water partition coefficient (Wildman–Crippen LogP) is 0.926. The number of alkyl halides is 3. The summed E-state index contributed by atoms with van der Waals surface area (Å²) in [5.41, 5.74) is 0. The van der Waals surface area contributed by atoms with E-state index in [9.17, 15) is 13.2 Å². The topological polar surface area (TPSA) is 21.3 Å². The third-order valence-electron chi connectivity index (χ3n) is 1.52. The molecule has 1 rings (SSSR count). The van der Waals surface area contributed by atoms with E-state index in [1.54, 1.807) is 6.92 Å². The van der Waals surface area contributed by atoms with Crippen molar-refractivity contribution in [2.45, 2.75) is 25.3 Å². The second-order valence-electron chi connectivity index (χ2n) is 2.64. The van der Waals surface area contributed by atoms with Gasteiger partial charge < -0.3 is 10.1 Å². The van der Waals surface area contributed by atoms with Crippen LogP contribution in [0.15, 0.2) is 0 Å². The van der Waals surface area contributed by atoms with Crippen LogP contribution >= 0.6 is 0 Å². The van der Waals surface area contributed by atoms with Crippen molar-refractivity contribution in [1.29, 1.82) is 0 Å². The molecule has 0 aromatic carbocycles. The Morgan fingerprint density at radius 1 is 1.36 bits per heavy atom. The van der Waals surface area contributed by atoms with E-state index in [1.165, 1.54) is 0 Å². The van der Waals surface area contributed by atoms with Gasteiger partial charge in [-0.05, 0) is 6.92 Å². The fraction of sp³-hybridized carbons (Fsp3) is 1.00. The molecule has 11 heavy (non-hydrogen) atoms. The summed E-state index contributed by atoms with van der Waals surface area (Å²) in [6.07, 6.45) is -6.22. The van der Waals surface area contributed by atoms with Crippen LogP contribution < -0.4 is 5.32 Å². The van der Waals surface area contributed by atoms with E-state index in [0.717, 1.165) is 0 Å². The summed E-state index contributed by atoms with van der Waals surface area (Å²) in [6.45, 7) is 1.98. The van der Waals surface area contributed by atoms with Crippen LogP contribution in [0.2, 0.25) is 0 Å². The lowest BCUT2D eigenvalue weighted by Gasteiger charge is -2.29. The Balaban J connectivity index is 2.46. The van der Waals surface area contributed by atoms with Crippen LogP contribution in [-0.2, 0) is 4.74 Å². The molecule has 1 heterocycles. The predicted molar refractivity (Wildman–Crippen MR) is 33.3 cm³/mol. The third kappa shape index (κ3) is 2.34. The van der Waals surface area contributed by atoms with Gasteiger partial charge in [0.15, 0.2) is 6.10 Å². The van der Waals surface area contributed by atoms with Gasteiger partial charge in [0.05, 0.1) is 6.10 Å². The summed E-state index contributed by atoms with van der Waals surface area (Å²) in [6, 6.07) is 0. The van der Waals surface area contributed by atoms with E-state index in [0.29, 0.717) is 6.54 Å². The van der Waals surface area contributed by atoms with Crippen molar-refractivity contribution in [1.82, 2.24) is 5.32 Å². The van der Waals surface area contributed by atoms with Crippen molar-refractivity contribution in [3.05, 3.63) is 0 Å². The molecule has 2 atom stereocenters. The molecule has 0 amide bonds. The molecule has 1 N–H and O–H groups in total. The lowest BCUT2D eigenvalue weighted by atomic mass is 10.2. The molecule has 0 spiro atoms. The highest BCUT2D eigenvalue weighted by molar-refractivity contribution is 4.77. The van der Waals surface area contributed by atoms with Crippen LogP contribution in [0.3, 0.4) is 0 Å². The lowest BCUT2D eigenvalue weighted by Crippen LogP contribution is -2.50. The maximum absolute atomic E-state index is 11.9. The Hall–Kier alpha value is -0.290. The first kappa shape index (κ1) is 8.80. The van der Waals surface area contributed by atoms with Gasteiger partial charge in [0.2, 0.25) is 0 Å². The molecule has 5 heteroatoms. The number of hydrogen-bond donors (Lipinski definition) is 1. The van der Waals surface area contributed by atoms with Crippen LogP contribution in [-0.4, -0.2) is 31.5 Å². The van der Waals surface area contributed by atoms with Crippen molar-refractivity contribution < 1.29 is 17.9 Å². The Kier molecular flexibility index (Phi) is 2.39. The molecule has 0 aromatic heterocycles. The third-order valence-corrected chi connectivity index (χ3v) is 1.52. The quantitative estimate of drug-likeness (QED) is 0.582. The molecule has 0 aromatic rings. The van der Waals surface area contributed by atoms with Gasteiger partial charge in [0, 0.05) is 13.1 Å². The van der Waals surface area contributed by atoms with Crippen molar-refractivity contribution in [3.8, 4) is 0 Å². The van der Waals surface area contributed by atoms with E-state index in [-0.39, 0.29) is 12.6 Å². The molecule has 1 fully saturated rings. The maximum Gasteiger partial charge on any atom is 0.415 e. The van der Waals surface area contributed by atoms with Crippen LogP contribution in [0.1, 0.15) is 6.92 Å². The normalized spacial score (nSPS) is 33.8. The highest BCUT2D eigenvalue weighted by Gasteiger charge is 2.42. The Morgan fingerprint density at radius 3 is 2.36 bits per heavy atom. The molecule has 0 aliphatic carbocycles. The Morgan fingerprint density at radius 2 is 2.00 bits per heavy atom. The van der Waals surface area contributed by atoms with E-state index >= 15 is 0 Å². The first-order chi connectivity index (χ1) is 5.00. The Bertz CT molecular complexity index is 136. The minimum absolute atomic E-state index is 0.131. The van der Waals surface area contributed by atoms with Crippen molar-refractivity contribution in [3.63, 3.8) is 0 Å². The number of halogens is 3. The van der Waals surface area contributed by atoms with Gasteiger partial charge in [-0.25, -0.2) is 0 Å². The van der Waals surface area contributed by atoms with Crippen LogP contribution in [0.5, 0.6) is 0 Å². The molecule has 1 aliphatic heterocycles. The zero-order chi connectivity index (χ0) is 8.48. The van der Waals surface area contributed by atoms with Gasteiger partial charge in [-0.15, -0.1) is 0 Å². The van der Waals surface area contributed by atoms with E-state index in [1.807, 2.05) is 0 Å². The van der Waals surface area contributed by atoms with E-state index < -0.39 is 12.3 Å². The number of nitrogens with one attached hydrogen (secondary N) is 1. The second kappa shape index (κ2) is 2.98. The zero-order valence-electron chi connectivity index (χ0n) is 6.11. The van der Waals surface area contributed by atoms with Crippen molar-refractivity contribution >= 4 is 0 Å². The standard InChI is InChI=1S/C6H10F3NO/c1-4-2-10-3-5(11-4)6(7,8)9/h4-5,10H,2-3H2,1H3/t4-,5+/m1/s1. The summed E-state index contributed by atoms with van der Waals surface area (Å²) in [4.78, 5) is 0. The Labute approximate surface area is 62.7 Å². The number of rotatable bonds is 0. The molecule has 1 aliphatic rings. The van der Waals surface area contributed by atoms with Gasteiger partial charge in [0.1, 0.15) is 0 Å². The summed E-state index contributed by atoms with van der Waals surface area (Å²) in [5, 5.41) is 2.65. The lowest BCUT2D eigenvalue weighted by molar-refractivity contribution is -0.237. The average molecular weight is 169 g/mol. The number of hydrogen-bond acceptors (Lipinski definition) is 2. The zero-order valence-corrected chi connectivity index (χ0v) is 6.11. The SMILES string of the molecule is C[C@@H]1CNC[C@@H](C(F)(F)F)O1. The van der Waals surface area contributed by atoms with Gasteiger partial charge in [-0.3, -0.25) is 0 Å². The molecule has 66 valence electrons. The van der Waals surface area contributed by atoms with E-state index in [2.05, 4.69) is 10.1 Å². The summed E-state index contributed by atoms with van der Waals surface area (Å²) >= 11 is 0. The maximum atomic E-state index is 11.9. The van der Waals surface area contributed by atoms with Crippen LogP contribution in [0.4, 0.5) is 13.2 Å². The summed E-state index contributed by atoms with van der Waals surface area (Å²) < 4.78 is 40.5. The van der Waals surface area contributed by atoms with Crippen molar-refractivity contribution in [2.24, 2.45) is 0 Å². The first-order valence-electron chi connectivity index (χ1n) is 3.43. The first-order valence-corrected chi connectivity index (χ1v) is 3.43. The highest BCUT2D eigenvalue weighted by atomic mass is 19.4. The highest BCUT2D eigenvalue weighted by Crippen LogP contribution is 2.24. The average Bonchev–Trinajstić information content (AvgIpc) is 1.86. The molecule has 1 saturated heterocycles. The van der Waals surface area contributed by atoms with Crippen LogP contribution in [0.25, 0.3) is 0 Å². The minimum atomic E-state index is -4.23. The molecule has 0 saturated carbocycles. The molecule has 0 radical (unpaired) electrons. The van der Waals surface area contributed by atoms with Gasteiger partial charge in [-0.2, -0.15) is 13.2 Å². The van der Waals surface area contributed by atoms with E-state index in [4.69, 9.17) is 0 Å². The molecule has 0 bridgehead atoms.